The van der Waals surface area contributed by atoms with Gasteiger partial charge in [-0.25, -0.2) is 4.57 Å². The van der Waals surface area contributed by atoms with Crippen molar-refractivity contribution in [3.63, 3.8) is 0 Å². The summed E-state index contributed by atoms with van der Waals surface area (Å²) >= 11 is 0. The first kappa shape index (κ1) is 15.9. The molecule has 7 heteroatoms. The largest absolute Gasteiger partial charge is 1.00 e. The molecular formula is H3FNaO3PTi. The van der Waals surface area contributed by atoms with Crippen LogP contribution in [0.2, 0.25) is 0 Å². The van der Waals surface area contributed by atoms with Crippen LogP contribution in [0.25, 0.3) is 0 Å². The van der Waals surface area contributed by atoms with E-state index in [1.165, 1.54) is 0 Å². The minimum atomic E-state index is -5.14. The zero-order valence-corrected chi connectivity index (χ0v) is 8.08. The van der Waals surface area contributed by atoms with Gasteiger partial charge in [0.1, 0.15) is 0 Å². The Labute approximate surface area is 78.6 Å². The molecule has 38 valence electrons. The molecular weight excluding hydrogens is 169 g/mol. The van der Waals surface area contributed by atoms with E-state index in [1.54, 1.807) is 0 Å². The Kier molecular flexibility index (Phi) is 13.5. The molecule has 0 aromatic rings. The molecule has 0 bridgehead atoms. The average Bonchev–Trinajstić information content (AvgIpc) is 0.722. The first-order valence-corrected chi connectivity index (χ1v) is 2.25. The molecule has 3 nitrogen and oxygen atoms in total. The van der Waals surface area contributed by atoms with Gasteiger partial charge in [-0.05, 0) is 0 Å². The van der Waals surface area contributed by atoms with Crippen LogP contribution < -0.4 is 29.6 Å². The van der Waals surface area contributed by atoms with Crippen LogP contribution in [0.5, 0.6) is 0 Å². The summed E-state index contributed by atoms with van der Waals surface area (Å²) in [5.74, 6) is 0. The summed E-state index contributed by atoms with van der Waals surface area (Å²) in [7, 11) is -5.14. The summed E-state index contributed by atoms with van der Waals surface area (Å²) in [6.45, 7) is 0. The number of halogens is 1. The van der Waals surface area contributed by atoms with Crippen LogP contribution in [0, 0.1) is 0 Å². The normalized spacial score (nSPS) is 8.43. The smallest absolute Gasteiger partial charge is 1.00 e. The standard InChI is InChI=1S/FH2O3P.Na.Ti.H/c1-5(2,3)4;;;/h(H2,2,3,4);;;/q;+1;;-1. The first-order chi connectivity index (χ1) is 2.00. The molecule has 0 aromatic carbocycles. The molecule has 0 unspecified atom stereocenters. The molecule has 0 saturated carbocycles. The van der Waals surface area contributed by atoms with E-state index in [9.17, 15) is 4.20 Å². The molecule has 0 atom stereocenters. The van der Waals surface area contributed by atoms with Crippen molar-refractivity contribution in [1.29, 1.82) is 0 Å². The molecule has 0 saturated heterocycles. The van der Waals surface area contributed by atoms with E-state index in [2.05, 4.69) is 0 Å². The molecule has 0 amide bonds. The van der Waals surface area contributed by atoms with Crippen molar-refractivity contribution in [3.8, 4) is 0 Å². The summed E-state index contributed by atoms with van der Waals surface area (Å²) in [6.07, 6.45) is 0. The molecule has 7 heavy (non-hydrogen) atoms. The van der Waals surface area contributed by atoms with Gasteiger partial charge in [-0.15, -0.1) is 4.20 Å². The molecule has 0 fully saturated rings. The molecule has 2 N–H and O–H groups in total. The van der Waals surface area contributed by atoms with Crippen molar-refractivity contribution < 1.29 is 71.3 Å². The molecule has 0 radical (unpaired) electrons. The third kappa shape index (κ3) is 81.3. The number of rotatable bonds is 0. The number of hydrogen-bond acceptors (Lipinski definition) is 1. The summed E-state index contributed by atoms with van der Waals surface area (Å²) in [6, 6.07) is 0. The molecule has 0 spiro atoms. The molecule has 0 heterocycles. The fraction of sp³-hybridized carbons (Fsp3) is 0. The van der Waals surface area contributed by atoms with Crippen molar-refractivity contribution in [3.05, 3.63) is 0 Å². The van der Waals surface area contributed by atoms with E-state index < -0.39 is 7.91 Å². The number of hydrogen-bond donors (Lipinski definition) is 2. The Bertz CT molecular complexity index is 65.4. The van der Waals surface area contributed by atoms with Gasteiger partial charge in [-0.2, -0.15) is 0 Å². The van der Waals surface area contributed by atoms with E-state index >= 15 is 0 Å². The van der Waals surface area contributed by atoms with Crippen molar-refractivity contribution in [2.75, 3.05) is 0 Å². The van der Waals surface area contributed by atoms with Gasteiger partial charge in [0.25, 0.3) is 0 Å². The van der Waals surface area contributed by atoms with Gasteiger partial charge >= 0.3 is 37.5 Å². The topological polar surface area (TPSA) is 57.5 Å². The van der Waals surface area contributed by atoms with Gasteiger partial charge in [0, 0.05) is 21.7 Å². The van der Waals surface area contributed by atoms with Gasteiger partial charge in [-0.3, -0.25) is 9.79 Å². The van der Waals surface area contributed by atoms with E-state index in [0.29, 0.717) is 0 Å². The van der Waals surface area contributed by atoms with Crippen molar-refractivity contribution in [1.82, 2.24) is 0 Å². The zero-order valence-electron chi connectivity index (χ0n) is 4.63. The summed E-state index contributed by atoms with van der Waals surface area (Å²) < 4.78 is 19.0. The quantitative estimate of drug-likeness (QED) is 0.305. The van der Waals surface area contributed by atoms with Gasteiger partial charge in [0.15, 0.2) is 0 Å². The maximum atomic E-state index is 10.4. The minimum Gasteiger partial charge on any atom is -1.00 e. The maximum absolute atomic E-state index is 10.4. The van der Waals surface area contributed by atoms with Crippen LogP contribution in [-0.4, -0.2) is 9.79 Å². The van der Waals surface area contributed by atoms with Gasteiger partial charge in [0.05, 0.1) is 0 Å². The van der Waals surface area contributed by atoms with Crippen LogP contribution in [0.4, 0.5) is 4.20 Å². The second kappa shape index (κ2) is 5.92. The van der Waals surface area contributed by atoms with Crippen LogP contribution in [0.1, 0.15) is 1.43 Å². The van der Waals surface area contributed by atoms with Crippen LogP contribution >= 0.6 is 7.91 Å². The van der Waals surface area contributed by atoms with Crippen molar-refractivity contribution in [2.24, 2.45) is 0 Å². The van der Waals surface area contributed by atoms with Crippen LogP contribution in [-0.2, 0) is 26.3 Å². The van der Waals surface area contributed by atoms with E-state index in [4.69, 9.17) is 14.4 Å². The molecule has 0 aliphatic rings. The van der Waals surface area contributed by atoms with E-state index in [0.717, 1.165) is 0 Å². The van der Waals surface area contributed by atoms with E-state index in [-0.39, 0.29) is 52.7 Å². The Hall–Kier alpha value is 1.79. The Morgan fingerprint density at radius 1 is 1.57 bits per heavy atom. The van der Waals surface area contributed by atoms with Crippen LogP contribution in [0.3, 0.4) is 0 Å². The van der Waals surface area contributed by atoms with Gasteiger partial charge < -0.3 is 1.43 Å². The molecule has 0 aliphatic heterocycles. The average molecular weight is 172 g/mol. The maximum Gasteiger partial charge on any atom is 1.00 e. The first-order valence-electron chi connectivity index (χ1n) is 0.752. The molecule has 0 rings (SSSR count). The molecule has 0 aromatic heterocycles. The fourth-order valence-corrected chi connectivity index (χ4v) is 0. The minimum absolute atomic E-state index is 0. The second-order valence-electron chi connectivity index (χ2n) is 0.473. The Balaban J connectivity index is -0.0000000267. The third-order valence-corrected chi connectivity index (χ3v) is 0. The summed E-state index contributed by atoms with van der Waals surface area (Å²) in [4.78, 5) is 13.9. The predicted octanol–water partition coefficient (Wildman–Crippen LogP) is -2.84. The Morgan fingerprint density at radius 2 is 1.57 bits per heavy atom. The van der Waals surface area contributed by atoms with Crippen molar-refractivity contribution >= 4 is 7.91 Å². The SMILES string of the molecule is O=P(O)(O)F.[H-].[Na+].[Ti]. The summed E-state index contributed by atoms with van der Waals surface area (Å²) in [5, 5.41) is 0. The summed E-state index contributed by atoms with van der Waals surface area (Å²) in [5.41, 5.74) is 0. The van der Waals surface area contributed by atoms with Gasteiger partial charge in [0.2, 0.25) is 0 Å². The fourth-order valence-electron chi connectivity index (χ4n) is 0. The third-order valence-electron chi connectivity index (χ3n) is 0. The molecule has 0 aliphatic carbocycles. The van der Waals surface area contributed by atoms with Gasteiger partial charge in [-0.1, -0.05) is 0 Å². The monoisotopic (exact) mass is 172 g/mol. The zero-order chi connectivity index (χ0) is 4.50. The predicted molar refractivity (Wildman–Crippen MR) is 14.3 cm³/mol. The second-order valence-corrected chi connectivity index (χ2v) is 1.42. The van der Waals surface area contributed by atoms with Crippen molar-refractivity contribution in [2.45, 2.75) is 0 Å². The van der Waals surface area contributed by atoms with E-state index in [1.807, 2.05) is 0 Å². The van der Waals surface area contributed by atoms with Crippen LogP contribution in [0.15, 0.2) is 0 Å². The Morgan fingerprint density at radius 3 is 1.57 bits per heavy atom.